The van der Waals surface area contributed by atoms with Crippen LogP contribution in [0.2, 0.25) is 5.15 Å². The van der Waals surface area contributed by atoms with E-state index in [0.29, 0.717) is 17.1 Å². The first kappa shape index (κ1) is 16.6. The van der Waals surface area contributed by atoms with E-state index < -0.39 is 0 Å². The largest absolute Gasteiger partial charge is 0.364 e. The Balaban J connectivity index is 2.39. The third-order valence-corrected chi connectivity index (χ3v) is 4.45. The average Bonchev–Trinajstić information content (AvgIpc) is 2.37. The van der Waals surface area contributed by atoms with Crippen LogP contribution >= 0.6 is 23.4 Å². The molecule has 2 N–H and O–H groups in total. The average molecular weight is 330 g/mol. The van der Waals surface area contributed by atoms with Crippen LogP contribution in [0.25, 0.3) is 0 Å². The highest BCUT2D eigenvalue weighted by Gasteiger charge is 2.24. The summed E-state index contributed by atoms with van der Waals surface area (Å²) in [7, 11) is 0. The summed E-state index contributed by atoms with van der Waals surface area (Å²) in [5.41, 5.74) is -0.0749. The maximum atomic E-state index is 6.38. The molecule has 0 saturated carbocycles. The number of nitrogens with zero attached hydrogens (tertiary/aromatic N) is 3. The molecule has 0 spiro atoms. The van der Waals surface area contributed by atoms with E-state index in [2.05, 4.69) is 48.2 Å². The lowest BCUT2D eigenvalue weighted by Crippen LogP contribution is -2.50. The molecule has 1 aliphatic heterocycles. The second-order valence-corrected chi connectivity index (χ2v) is 7.49. The molecular weight excluding hydrogens is 306 g/mol. The molecule has 118 valence electrons. The van der Waals surface area contributed by atoms with Gasteiger partial charge >= 0.3 is 0 Å². The van der Waals surface area contributed by atoms with Crippen molar-refractivity contribution in [1.82, 2.24) is 15.3 Å². The van der Waals surface area contributed by atoms with Crippen LogP contribution in [-0.2, 0) is 0 Å². The fourth-order valence-corrected chi connectivity index (χ4v) is 3.20. The zero-order valence-electron chi connectivity index (χ0n) is 13.3. The van der Waals surface area contributed by atoms with E-state index in [1.165, 1.54) is 0 Å². The van der Waals surface area contributed by atoms with Crippen LogP contribution in [0.3, 0.4) is 0 Å². The Morgan fingerprint density at radius 3 is 2.67 bits per heavy atom. The molecule has 21 heavy (non-hydrogen) atoms. The Morgan fingerprint density at radius 2 is 2.10 bits per heavy atom. The van der Waals surface area contributed by atoms with Crippen molar-refractivity contribution in [3.63, 3.8) is 0 Å². The molecular formula is C14H24ClN5S. The van der Waals surface area contributed by atoms with Gasteiger partial charge in [-0.25, -0.2) is 0 Å². The highest BCUT2D eigenvalue weighted by molar-refractivity contribution is 7.98. The first-order valence-corrected chi connectivity index (χ1v) is 8.79. The minimum atomic E-state index is -0.0749. The third kappa shape index (κ3) is 4.14. The standard InChI is InChI=1S/C14H24ClN5S/c1-9-8-16-6-7-20(9)13-17-11(15)10(21-5)12(18-13)19-14(2,3)4/h9,16H,6-8H2,1-5H3,(H,17,18,19). The smallest absolute Gasteiger partial charge is 0.229 e. The first-order chi connectivity index (χ1) is 9.81. The second-order valence-electron chi connectivity index (χ2n) is 6.32. The fraction of sp³-hybridized carbons (Fsp3) is 0.714. The molecule has 1 aromatic rings. The molecule has 1 fully saturated rings. The molecule has 0 aromatic carbocycles. The number of aromatic nitrogens is 2. The van der Waals surface area contributed by atoms with Gasteiger partial charge in [-0.05, 0) is 34.0 Å². The molecule has 1 saturated heterocycles. The summed E-state index contributed by atoms with van der Waals surface area (Å²) < 4.78 is 0. The molecule has 0 radical (unpaired) electrons. The van der Waals surface area contributed by atoms with Crippen molar-refractivity contribution >= 4 is 35.1 Å². The SMILES string of the molecule is CSc1c(Cl)nc(N2CCNCC2C)nc1NC(C)(C)C. The number of halogens is 1. The summed E-state index contributed by atoms with van der Waals surface area (Å²) in [5, 5.41) is 7.33. The van der Waals surface area contributed by atoms with Crippen molar-refractivity contribution in [2.45, 2.75) is 44.2 Å². The van der Waals surface area contributed by atoms with Gasteiger partial charge in [-0.2, -0.15) is 9.97 Å². The molecule has 0 aliphatic carbocycles. The number of hydrogen-bond acceptors (Lipinski definition) is 6. The predicted molar refractivity (Wildman–Crippen MR) is 91.9 cm³/mol. The first-order valence-electron chi connectivity index (χ1n) is 7.19. The van der Waals surface area contributed by atoms with E-state index in [1.54, 1.807) is 11.8 Å². The van der Waals surface area contributed by atoms with E-state index in [0.717, 1.165) is 30.3 Å². The lowest BCUT2D eigenvalue weighted by atomic mass is 10.1. The van der Waals surface area contributed by atoms with Crippen molar-refractivity contribution in [3.05, 3.63) is 5.15 Å². The molecule has 2 heterocycles. The highest BCUT2D eigenvalue weighted by Crippen LogP contribution is 2.33. The van der Waals surface area contributed by atoms with Gasteiger partial charge < -0.3 is 15.5 Å². The minimum Gasteiger partial charge on any atom is -0.364 e. The molecule has 0 amide bonds. The maximum Gasteiger partial charge on any atom is 0.229 e. The molecule has 1 unspecified atom stereocenters. The number of piperazine rings is 1. The number of rotatable bonds is 3. The van der Waals surface area contributed by atoms with Crippen LogP contribution in [0.4, 0.5) is 11.8 Å². The van der Waals surface area contributed by atoms with Crippen LogP contribution in [0.1, 0.15) is 27.7 Å². The summed E-state index contributed by atoms with van der Waals surface area (Å²) in [6.07, 6.45) is 1.99. The molecule has 1 aromatic heterocycles. The van der Waals surface area contributed by atoms with Crippen LogP contribution in [0.15, 0.2) is 4.90 Å². The summed E-state index contributed by atoms with van der Waals surface area (Å²) in [6, 6.07) is 0.359. The molecule has 7 heteroatoms. The third-order valence-electron chi connectivity index (χ3n) is 3.27. The van der Waals surface area contributed by atoms with E-state index in [1.807, 2.05) is 6.26 Å². The van der Waals surface area contributed by atoms with Gasteiger partial charge in [0, 0.05) is 31.2 Å². The fourth-order valence-electron chi connectivity index (χ4n) is 2.30. The Kier molecular flexibility index (Phi) is 5.22. The normalized spacial score (nSPS) is 19.7. The number of thioether (sulfide) groups is 1. The van der Waals surface area contributed by atoms with E-state index in [9.17, 15) is 0 Å². The van der Waals surface area contributed by atoms with Crippen molar-refractivity contribution in [3.8, 4) is 0 Å². The zero-order valence-corrected chi connectivity index (χ0v) is 14.9. The van der Waals surface area contributed by atoms with Crippen LogP contribution in [-0.4, -0.2) is 47.4 Å². The van der Waals surface area contributed by atoms with Crippen LogP contribution in [0.5, 0.6) is 0 Å². The Hall–Kier alpha value is -0.720. The van der Waals surface area contributed by atoms with Crippen LogP contribution < -0.4 is 15.5 Å². The summed E-state index contributed by atoms with van der Waals surface area (Å²) in [5.74, 6) is 1.52. The van der Waals surface area contributed by atoms with E-state index >= 15 is 0 Å². The molecule has 1 atom stereocenters. The van der Waals surface area contributed by atoms with Crippen molar-refractivity contribution in [1.29, 1.82) is 0 Å². The van der Waals surface area contributed by atoms with E-state index in [4.69, 9.17) is 16.6 Å². The van der Waals surface area contributed by atoms with E-state index in [-0.39, 0.29) is 5.54 Å². The van der Waals surface area contributed by atoms with Gasteiger partial charge in [0.25, 0.3) is 0 Å². The van der Waals surface area contributed by atoms with Crippen molar-refractivity contribution in [2.24, 2.45) is 0 Å². The zero-order chi connectivity index (χ0) is 15.6. The molecule has 0 bridgehead atoms. The highest BCUT2D eigenvalue weighted by atomic mass is 35.5. The van der Waals surface area contributed by atoms with Gasteiger partial charge in [0.05, 0.1) is 4.90 Å². The second kappa shape index (κ2) is 6.58. The lowest BCUT2D eigenvalue weighted by molar-refractivity contribution is 0.492. The van der Waals surface area contributed by atoms with Crippen LogP contribution in [0, 0.1) is 0 Å². The number of anilines is 2. The molecule has 2 rings (SSSR count). The van der Waals surface area contributed by atoms with Gasteiger partial charge in [0.2, 0.25) is 5.95 Å². The topological polar surface area (TPSA) is 53.1 Å². The number of nitrogens with one attached hydrogen (secondary N) is 2. The van der Waals surface area contributed by atoms with Gasteiger partial charge in [-0.3, -0.25) is 0 Å². The lowest BCUT2D eigenvalue weighted by Gasteiger charge is -2.34. The summed E-state index contributed by atoms with van der Waals surface area (Å²) in [6.45, 7) is 11.3. The monoisotopic (exact) mass is 329 g/mol. The quantitative estimate of drug-likeness (QED) is 0.657. The van der Waals surface area contributed by atoms with Gasteiger partial charge in [0.1, 0.15) is 11.0 Å². The van der Waals surface area contributed by atoms with Crippen molar-refractivity contribution in [2.75, 3.05) is 36.1 Å². The van der Waals surface area contributed by atoms with Gasteiger partial charge in [0.15, 0.2) is 0 Å². The van der Waals surface area contributed by atoms with Gasteiger partial charge in [-0.15, -0.1) is 11.8 Å². The molecule has 5 nitrogen and oxygen atoms in total. The summed E-state index contributed by atoms with van der Waals surface area (Å²) in [4.78, 5) is 12.3. The Labute approximate surface area is 136 Å². The maximum absolute atomic E-state index is 6.38. The van der Waals surface area contributed by atoms with Crippen molar-refractivity contribution < 1.29 is 0 Å². The van der Waals surface area contributed by atoms with Gasteiger partial charge in [-0.1, -0.05) is 11.6 Å². The predicted octanol–water partition coefficient (Wildman–Crippen LogP) is 2.86. The Morgan fingerprint density at radius 1 is 1.38 bits per heavy atom. The molecule has 1 aliphatic rings. The Bertz CT molecular complexity index is 503. The summed E-state index contributed by atoms with van der Waals surface area (Å²) >= 11 is 7.94. The minimum absolute atomic E-state index is 0.0749. The number of hydrogen-bond donors (Lipinski definition) is 2.